The monoisotopic (exact) mass is 488 g/mol. The van der Waals surface area contributed by atoms with Crippen LogP contribution in [0.4, 0.5) is 5.69 Å². The van der Waals surface area contributed by atoms with Gasteiger partial charge in [-0.25, -0.2) is 8.42 Å². The second-order valence-corrected chi connectivity index (χ2v) is 10.5. The van der Waals surface area contributed by atoms with Crippen LogP contribution in [0.1, 0.15) is 11.1 Å². The fourth-order valence-corrected chi connectivity index (χ4v) is 5.55. The van der Waals surface area contributed by atoms with Gasteiger partial charge >= 0.3 is 0 Å². The van der Waals surface area contributed by atoms with E-state index in [9.17, 15) is 13.2 Å². The zero-order chi connectivity index (χ0) is 23.0. The van der Waals surface area contributed by atoms with Crippen LogP contribution in [0.25, 0.3) is 0 Å². The summed E-state index contributed by atoms with van der Waals surface area (Å²) < 4.78 is 27.6. The fourth-order valence-electron chi connectivity index (χ4n) is 3.05. The lowest BCUT2D eigenvalue weighted by atomic mass is 10.1. The van der Waals surface area contributed by atoms with Gasteiger partial charge in [0.1, 0.15) is 6.54 Å². The second-order valence-electron chi connectivity index (χ2n) is 7.13. The summed E-state index contributed by atoms with van der Waals surface area (Å²) in [4.78, 5) is 12.7. The van der Waals surface area contributed by atoms with Gasteiger partial charge in [-0.05, 0) is 54.4 Å². The predicted molar refractivity (Wildman–Crippen MR) is 133 cm³/mol. The maximum absolute atomic E-state index is 13.2. The number of amides is 1. The molecule has 0 atom stereocenters. The van der Waals surface area contributed by atoms with Gasteiger partial charge in [-0.2, -0.15) is 11.8 Å². The number of nitrogens with zero attached hydrogens (tertiary/aromatic N) is 1. The molecule has 1 amide bonds. The Kier molecular flexibility index (Phi) is 8.61. The van der Waals surface area contributed by atoms with E-state index in [0.717, 1.165) is 15.8 Å². The van der Waals surface area contributed by atoms with Gasteiger partial charge in [-0.1, -0.05) is 54.1 Å². The third-order valence-corrected chi connectivity index (χ3v) is 7.87. The molecule has 0 aromatic heterocycles. The molecule has 0 aliphatic carbocycles. The topological polar surface area (TPSA) is 66.5 Å². The summed E-state index contributed by atoms with van der Waals surface area (Å²) in [5.74, 6) is 1.23. The molecule has 3 aromatic carbocycles. The number of hydrogen-bond acceptors (Lipinski definition) is 4. The summed E-state index contributed by atoms with van der Waals surface area (Å²) in [6.07, 6.45) is 0. The summed E-state index contributed by atoms with van der Waals surface area (Å²) >= 11 is 7.68. The first-order valence-corrected chi connectivity index (χ1v) is 13.1. The largest absolute Gasteiger partial charge is 0.354 e. The molecular formula is C24H25ClN2O3S2. The molecule has 0 aliphatic rings. The van der Waals surface area contributed by atoms with Crippen molar-refractivity contribution in [2.24, 2.45) is 0 Å². The number of thioether (sulfide) groups is 1. The van der Waals surface area contributed by atoms with Crippen LogP contribution < -0.4 is 9.62 Å². The third-order valence-electron chi connectivity index (χ3n) is 4.82. The normalized spacial score (nSPS) is 11.2. The molecule has 0 spiro atoms. The molecule has 0 saturated carbocycles. The quantitative estimate of drug-likeness (QED) is 0.412. The minimum Gasteiger partial charge on any atom is -0.354 e. The molecule has 5 nitrogen and oxygen atoms in total. The number of carbonyl (C=O) groups is 1. The highest BCUT2D eigenvalue weighted by molar-refractivity contribution is 7.98. The van der Waals surface area contributed by atoms with E-state index in [1.165, 1.54) is 23.3 Å². The van der Waals surface area contributed by atoms with Gasteiger partial charge < -0.3 is 5.32 Å². The van der Waals surface area contributed by atoms with E-state index in [0.29, 0.717) is 17.3 Å². The Bertz CT molecular complexity index is 1140. The maximum atomic E-state index is 13.2. The van der Waals surface area contributed by atoms with E-state index in [4.69, 9.17) is 11.6 Å². The number of hydrogen-bond donors (Lipinski definition) is 1. The smallest absolute Gasteiger partial charge is 0.264 e. The van der Waals surface area contributed by atoms with Crippen molar-refractivity contribution in [1.29, 1.82) is 0 Å². The minimum absolute atomic E-state index is 0.122. The molecule has 8 heteroatoms. The number of carbonyl (C=O) groups excluding carboxylic acids is 1. The van der Waals surface area contributed by atoms with E-state index >= 15 is 0 Å². The molecule has 0 radical (unpaired) electrons. The van der Waals surface area contributed by atoms with Crippen molar-refractivity contribution in [2.45, 2.75) is 17.6 Å². The molecule has 3 rings (SSSR count). The molecule has 0 saturated heterocycles. The highest BCUT2D eigenvalue weighted by atomic mass is 35.5. The minimum atomic E-state index is -3.91. The van der Waals surface area contributed by atoms with Gasteiger partial charge in [0.2, 0.25) is 5.91 Å². The summed E-state index contributed by atoms with van der Waals surface area (Å²) in [7, 11) is -3.91. The number of aryl methyl sites for hydroxylation is 1. The first kappa shape index (κ1) is 24.2. The van der Waals surface area contributed by atoms with E-state index in [-0.39, 0.29) is 17.3 Å². The van der Waals surface area contributed by atoms with E-state index in [1.54, 1.807) is 54.2 Å². The average Bonchev–Trinajstić information content (AvgIpc) is 2.79. The lowest BCUT2D eigenvalue weighted by Crippen LogP contribution is -2.41. The lowest BCUT2D eigenvalue weighted by molar-refractivity contribution is -0.119. The van der Waals surface area contributed by atoms with Gasteiger partial charge in [0.05, 0.1) is 10.6 Å². The Morgan fingerprint density at radius 3 is 2.31 bits per heavy atom. The number of nitrogens with one attached hydrogen (secondary N) is 1. The molecule has 168 valence electrons. The van der Waals surface area contributed by atoms with E-state index < -0.39 is 10.0 Å². The number of sulfonamides is 1. The van der Waals surface area contributed by atoms with Crippen LogP contribution in [0, 0.1) is 6.92 Å². The summed E-state index contributed by atoms with van der Waals surface area (Å²) in [5.41, 5.74) is 2.89. The zero-order valence-corrected chi connectivity index (χ0v) is 20.1. The first-order valence-electron chi connectivity index (χ1n) is 10.1. The summed E-state index contributed by atoms with van der Waals surface area (Å²) in [6, 6.07) is 22.7. The van der Waals surface area contributed by atoms with Crippen molar-refractivity contribution >= 4 is 45.0 Å². The Labute approximate surface area is 198 Å². The van der Waals surface area contributed by atoms with Gasteiger partial charge in [0.15, 0.2) is 0 Å². The van der Waals surface area contributed by atoms with Crippen molar-refractivity contribution in [3.8, 4) is 0 Å². The van der Waals surface area contributed by atoms with Gasteiger partial charge in [0, 0.05) is 23.1 Å². The van der Waals surface area contributed by atoms with Crippen LogP contribution in [-0.4, -0.2) is 33.2 Å². The van der Waals surface area contributed by atoms with Crippen LogP contribution in [0.2, 0.25) is 5.02 Å². The second kappa shape index (κ2) is 11.4. The molecule has 32 heavy (non-hydrogen) atoms. The first-order chi connectivity index (χ1) is 15.4. The molecule has 0 fully saturated rings. The molecule has 1 N–H and O–H groups in total. The van der Waals surface area contributed by atoms with Gasteiger partial charge in [0.25, 0.3) is 10.0 Å². The molecular weight excluding hydrogens is 464 g/mol. The number of benzene rings is 3. The molecule has 3 aromatic rings. The Morgan fingerprint density at radius 1 is 0.969 bits per heavy atom. The SMILES string of the molecule is Cc1ccccc1CSCCNC(=O)CN(c1ccc(Cl)cc1)S(=O)(=O)c1ccccc1. The number of anilines is 1. The van der Waals surface area contributed by atoms with E-state index in [2.05, 4.69) is 24.4 Å². The molecule has 0 heterocycles. The van der Waals surface area contributed by atoms with Crippen LogP contribution in [0.15, 0.2) is 83.8 Å². The van der Waals surface area contributed by atoms with Crippen molar-refractivity contribution in [3.05, 3.63) is 95.0 Å². The van der Waals surface area contributed by atoms with Gasteiger partial charge in [-0.15, -0.1) is 0 Å². The van der Waals surface area contributed by atoms with Crippen molar-refractivity contribution in [3.63, 3.8) is 0 Å². The van der Waals surface area contributed by atoms with Crippen molar-refractivity contribution in [2.75, 3.05) is 23.1 Å². The zero-order valence-electron chi connectivity index (χ0n) is 17.7. The average molecular weight is 489 g/mol. The van der Waals surface area contributed by atoms with Crippen molar-refractivity contribution < 1.29 is 13.2 Å². The fraction of sp³-hybridized carbons (Fsp3) is 0.208. The molecule has 0 aliphatic heterocycles. The van der Waals surface area contributed by atoms with Crippen LogP contribution in [0.5, 0.6) is 0 Å². The van der Waals surface area contributed by atoms with Crippen molar-refractivity contribution in [1.82, 2.24) is 5.32 Å². The lowest BCUT2D eigenvalue weighted by Gasteiger charge is -2.24. The number of rotatable bonds is 10. The molecule has 0 bridgehead atoms. The molecule has 0 unspecified atom stereocenters. The highest BCUT2D eigenvalue weighted by Crippen LogP contribution is 2.25. The number of halogens is 1. The summed E-state index contributed by atoms with van der Waals surface area (Å²) in [5, 5.41) is 3.31. The highest BCUT2D eigenvalue weighted by Gasteiger charge is 2.26. The Morgan fingerprint density at radius 2 is 1.62 bits per heavy atom. The van der Waals surface area contributed by atoms with E-state index in [1.807, 2.05) is 12.1 Å². The standard InChI is InChI=1S/C24H25ClN2O3S2/c1-19-7-5-6-8-20(19)18-31-16-15-26-24(28)17-27(22-13-11-21(25)12-14-22)32(29,30)23-9-3-2-4-10-23/h2-14H,15-18H2,1H3,(H,26,28). The Hall–Kier alpha value is -2.48. The maximum Gasteiger partial charge on any atom is 0.264 e. The third kappa shape index (κ3) is 6.51. The predicted octanol–water partition coefficient (Wildman–Crippen LogP) is 4.89. The van der Waals surface area contributed by atoms with Crippen LogP contribution in [0.3, 0.4) is 0 Å². The summed E-state index contributed by atoms with van der Waals surface area (Å²) in [6.45, 7) is 2.22. The Balaban J connectivity index is 1.62. The van der Waals surface area contributed by atoms with Crippen LogP contribution >= 0.6 is 23.4 Å². The van der Waals surface area contributed by atoms with Crippen LogP contribution in [-0.2, 0) is 20.6 Å². The van der Waals surface area contributed by atoms with Gasteiger partial charge in [-0.3, -0.25) is 9.10 Å².